The van der Waals surface area contributed by atoms with Crippen LogP contribution in [0, 0.1) is 6.92 Å². The molecule has 0 fully saturated rings. The summed E-state index contributed by atoms with van der Waals surface area (Å²) in [7, 11) is 0. The Kier molecular flexibility index (Phi) is 7.24. The minimum absolute atomic E-state index is 0.294. The summed E-state index contributed by atoms with van der Waals surface area (Å²) in [6.45, 7) is 6.16. The van der Waals surface area contributed by atoms with E-state index in [9.17, 15) is 4.79 Å². The maximum atomic E-state index is 12.1. The number of carbonyl (C=O) groups is 1. The predicted molar refractivity (Wildman–Crippen MR) is 108 cm³/mol. The first kappa shape index (κ1) is 19.7. The van der Waals surface area contributed by atoms with Crippen LogP contribution < -0.4 is 15.5 Å². The van der Waals surface area contributed by atoms with Crippen LogP contribution in [0.2, 0.25) is 15.1 Å². The molecule has 2 aromatic rings. The van der Waals surface area contributed by atoms with E-state index in [1.165, 1.54) is 17.7 Å². The fourth-order valence-corrected chi connectivity index (χ4v) is 3.33. The molecular formula is C18H20Cl3N3O. The van der Waals surface area contributed by atoms with E-state index in [1.54, 1.807) is 0 Å². The van der Waals surface area contributed by atoms with Crippen molar-refractivity contribution >= 4 is 52.2 Å². The van der Waals surface area contributed by atoms with E-state index in [0.717, 1.165) is 12.2 Å². The van der Waals surface area contributed by atoms with Gasteiger partial charge < -0.3 is 15.5 Å². The molecule has 0 heterocycles. The number of hydrogen-bond donors (Lipinski definition) is 2. The lowest BCUT2D eigenvalue weighted by Gasteiger charge is -2.23. The highest BCUT2D eigenvalue weighted by atomic mass is 35.5. The lowest BCUT2D eigenvalue weighted by atomic mass is 10.2. The van der Waals surface area contributed by atoms with Crippen molar-refractivity contribution < 1.29 is 4.79 Å². The number of hydrogen-bond acceptors (Lipinski definition) is 2. The Balaban J connectivity index is 1.90. The van der Waals surface area contributed by atoms with E-state index in [0.29, 0.717) is 33.8 Å². The molecule has 0 aliphatic rings. The molecule has 0 aromatic heterocycles. The summed E-state index contributed by atoms with van der Waals surface area (Å²) >= 11 is 18.0. The zero-order valence-corrected chi connectivity index (χ0v) is 16.3. The van der Waals surface area contributed by atoms with Crippen LogP contribution in [0.1, 0.15) is 12.5 Å². The Morgan fingerprint density at radius 2 is 1.80 bits per heavy atom. The summed E-state index contributed by atoms with van der Waals surface area (Å²) in [6, 6.07) is 11.0. The first-order valence-corrected chi connectivity index (χ1v) is 9.05. The molecule has 0 spiro atoms. The van der Waals surface area contributed by atoms with Gasteiger partial charge in [-0.2, -0.15) is 0 Å². The molecule has 25 heavy (non-hydrogen) atoms. The van der Waals surface area contributed by atoms with Crippen LogP contribution in [0.4, 0.5) is 16.2 Å². The van der Waals surface area contributed by atoms with Gasteiger partial charge in [-0.05, 0) is 43.7 Å². The molecule has 0 unspecified atom stereocenters. The fourth-order valence-electron chi connectivity index (χ4n) is 2.42. The molecule has 2 aromatic carbocycles. The maximum absolute atomic E-state index is 12.1. The number of halogens is 3. The molecule has 2 amide bonds. The lowest BCUT2D eigenvalue weighted by Crippen LogP contribution is -2.37. The quantitative estimate of drug-likeness (QED) is 0.662. The Bertz CT molecular complexity index is 729. The summed E-state index contributed by atoms with van der Waals surface area (Å²) in [5, 5.41) is 6.47. The smallest absolute Gasteiger partial charge is 0.319 e. The van der Waals surface area contributed by atoms with Gasteiger partial charge in [-0.1, -0.05) is 46.9 Å². The Morgan fingerprint density at radius 3 is 2.40 bits per heavy atom. The minimum Gasteiger partial charge on any atom is -0.370 e. The highest BCUT2D eigenvalue weighted by Crippen LogP contribution is 2.33. The number of rotatable bonds is 6. The number of anilines is 2. The van der Waals surface area contributed by atoms with E-state index >= 15 is 0 Å². The Morgan fingerprint density at radius 1 is 1.12 bits per heavy atom. The van der Waals surface area contributed by atoms with E-state index < -0.39 is 0 Å². The SMILES string of the molecule is CCN(CCNC(=O)Nc1c(Cl)cc(Cl)cc1Cl)c1cccc(C)c1. The third-order valence-corrected chi connectivity index (χ3v) is 4.48. The van der Waals surface area contributed by atoms with Crippen LogP contribution in [0.5, 0.6) is 0 Å². The predicted octanol–water partition coefficient (Wildman–Crippen LogP) is 5.60. The van der Waals surface area contributed by atoms with Gasteiger partial charge in [0.15, 0.2) is 0 Å². The van der Waals surface area contributed by atoms with Gasteiger partial charge in [-0.3, -0.25) is 0 Å². The van der Waals surface area contributed by atoms with Gasteiger partial charge in [0.2, 0.25) is 0 Å². The maximum Gasteiger partial charge on any atom is 0.319 e. The average molecular weight is 401 g/mol. The molecule has 0 bridgehead atoms. The molecule has 134 valence electrons. The lowest BCUT2D eigenvalue weighted by molar-refractivity contribution is 0.252. The minimum atomic E-state index is -0.369. The zero-order valence-electron chi connectivity index (χ0n) is 14.1. The van der Waals surface area contributed by atoms with Crippen molar-refractivity contribution in [2.24, 2.45) is 0 Å². The van der Waals surface area contributed by atoms with Gasteiger partial charge in [0.1, 0.15) is 0 Å². The van der Waals surface area contributed by atoms with Gasteiger partial charge in [0.05, 0.1) is 15.7 Å². The summed E-state index contributed by atoms with van der Waals surface area (Å²) in [5.74, 6) is 0. The van der Waals surface area contributed by atoms with Crippen molar-refractivity contribution in [1.82, 2.24) is 5.32 Å². The van der Waals surface area contributed by atoms with Crippen LogP contribution >= 0.6 is 34.8 Å². The topological polar surface area (TPSA) is 44.4 Å². The molecule has 2 rings (SSSR count). The molecule has 4 nitrogen and oxygen atoms in total. The van der Waals surface area contributed by atoms with Crippen LogP contribution in [-0.4, -0.2) is 25.7 Å². The number of nitrogens with zero attached hydrogens (tertiary/aromatic N) is 1. The molecule has 0 radical (unpaired) electrons. The summed E-state index contributed by atoms with van der Waals surface area (Å²) < 4.78 is 0. The Hall–Kier alpha value is -1.62. The first-order chi connectivity index (χ1) is 11.9. The second-order valence-electron chi connectivity index (χ2n) is 5.54. The van der Waals surface area contributed by atoms with E-state index in [2.05, 4.69) is 47.6 Å². The molecule has 0 atom stereocenters. The molecule has 0 saturated heterocycles. The van der Waals surface area contributed by atoms with Crippen molar-refractivity contribution in [3.63, 3.8) is 0 Å². The number of carbonyl (C=O) groups excluding carboxylic acids is 1. The van der Waals surface area contributed by atoms with E-state index in [4.69, 9.17) is 34.8 Å². The first-order valence-electron chi connectivity index (χ1n) is 7.91. The van der Waals surface area contributed by atoms with Crippen LogP contribution in [0.25, 0.3) is 0 Å². The van der Waals surface area contributed by atoms with Crippen LogP contribution in [0.15, 0.2) is 36.4 Å². The molecule has 0 aliphatic carbocycles. The molecular weight excluding hydrogens is 381 g/mol. The summed E-state index contributed by atoms with van der Waals surface area (Å²) in [6.07, 6.45) is 0. The van der Waals surface area contributed by atoms with Crippen LogP contribution in [0.3, 0.4) is 0 Å². The van der Waals surface area contributed by atoms with Crippen molar-refractivity contribution in [2.75, 3.05) is 29.9 Å². The average Bonchev–Trinajstić information content (AvgIpc) is 2.55. The molecule has 0 saturated carbocycles. The summed E-state index contributed by atoms with van der Waals surface area (Å²) in [4.78, 5) is 14.3. The molecule has 7 heteroatoms. The van der Waals surface area contributed by atoms with Gasteiger partial charge in [0, 0.05) is 30.3 Å². The highest BCUT2D eigenvalue weighted by Gasteiger charge is 2.11. The number of urea groups is 1. The second kappa shape index (κ2) is 9.18. The standard InChI is InChI=1S/C18H20Cl3N3O/c1-3-24(14-6-4-5-12(2)9-14)8-7-22-18(25)23-17-15(20)10-13(19)11-16(17)21/h4-6,9-11H,3,7-8H2,1-2H3,(H2,22,23,25). The number of nitrogens with one attached hydrogen (secondary N) is 2. The molecule has 2 N–H and O–H groups in total. The fraction of sp³-hybridized carbons (Fsp3) is 0.278. The number of likely N-dealkylation sites (N-methyl/N-ethyl adjacent to an activating group) is 1. The monoisotopic (exact) mass is 399 g/mol. The van der Waals surface area contributed by atoms with Crippen molar-refractivity contribution in [2.45, 2.75) is 13.8 Å². The van der Waals surface area contributed by atoms with Crippen molar-refractivity contribution in [3.8, 4) is 0 Å². The summed E-state index contributed by atoms with van der Waals surface area (Å²) in [5.41, 5.74) is 2.68. The third kappa shape index (κ3) is 5.70. The van der Waals surface area contributed by atoms with Gasteiger partial charge in [0.25, 0.3) is 0 Å². The third-order valence-electron chi connectivity index (χ3n) is 3.66. The van der Waals surface area contributed by atoms with Crippen molar-refractivity contribution in [3.05, 3.63) is 57.0 Å². The number of benzene rings is 2. The Labute approximate surface area is 163 Å². The van der Waals surface area contributed by atoms with E-state index in [1.807, 2.05) is 6.07 Å². The van der Waals surface area contributed by atoms with Gasteiger partial charge in [-0.25, -0.2) is 4.79 Å². The number of aryl methyl sites for hydroxylation is 1. The van der Waals surface area contributed by atoms with Gasteiger partial charge >= 0.3 is 6.03 Å². The van der Waals surface area contributed by atoms with Crippen molar-refractivity contribution in [1.29, 1.82) is 0 Å². The normalized spacial score (nSPS) is 10.4. The molecule has 0 aliphatic heterocycles. The van der Waals surface area contributed by atoms with Gasteiger partial charge in [-0.15, -0.1) is 0 Å². The van der Waals surface area contributed by atoms with Crippen LogP contribution in [-0.2, 0) is 0 Å². The number of amides is 2. The largest absolute Gasteiger partial charge is 0.370 e. The van der Waals surface area contributed by atoms with E-state index in [-0.39, 0.29) is 6.03 Å². The highest BCUT2D eigenvalue weighted by molar-refractivity contribution is 6.42. The zero-order chi connectivity index (χ0) is 18.4. The second-order valence-corrected chi connectivity index (χ2v) is 6.79.